The summed E-state index contributed by atoms with van der Waals surface area (Å²) in [5.74, 6) is 2.00. The Hall–Kier alpha value is -3.05. The molecular weight excluding hydrogens is 381 g/mol. The molecular formula is C25H26FNO3. The van der Waals surface area contributed by atoms with Crippen LogP contribution in [0.3, 0.4) is 0 Å². The largest absolute Gasteiger partial charge is 0.497 e. The van der Waals surface area contributed by atoms with Gasteiger partial charge in [-0.25, -0.2) is 4.39 Å². The van der Waals surface area contributed by atoms with Crippen molar-refractivity contribution in [3.05, 3.63) is 88.7 Å². The molecule has 0 N–H and O–H groups in total. The minimum absolute atomic E-state index is 0.0875. The van der Waals surface area contributed by atoms with Gasteiger partial charge >= 0.3 is 0 Å². The molecule has 30 heavy (non-hydrogen) atoms. The van der Waals surface area contributed by atoms with E-state index in [-0.39, 0.29) is 11.9 Å². The molecule has 5 heteroatoms. The van der Waals surface area contributed by atoms with Gasteiger partial charge in [0.2, 0.25) is 0 Å². The highest BCUT2D eigenvalue weighted by Gasteiger charge is 2.30. The third-order valence-electron chi connectivity index (χ3n) is 5.66. The van der Waals surface area contributed by atoms with E-state index in [4.69, 9.17) is 14.2 Å². The van der Waals surface area contributed by atoms with Crippen molar-refractivity contribution < 1.29 is 18.6 Å². The van der Waals surface area contributed by atoms with Gasteiger partial charge in [-0.15, -0.1) is 0 Å². The summed E-state index contributed by atoms with van der Waals surface area (Å²) in [6, 6.07) is 18.9. The van der Waals surface area contributed by atoms with E-state index in [0.29, 0.717) is 5.75 Å². The lowest BCUT2D eigenvalue weighted by Gasteiger charge is -2.38. The third kappa shape index (κ3) is 3.98. The topological polar surface area (TPSA) is 30.9 Å². The fourth-order valence-electron chi connectivity index (χ4n) is 4.24. The summed E-state index contributed by atoms with van der Waals surface area (Å²) < 4.78 is 30.6. The van der Waals surface area contributed by atoms with Gasteiger partial charge in [-0.1, -0.05) is 24.3 Å². The Balaban J connectivity index is 1.79. The third-order valence-corrected chi connectivity index (χ3v) is 5.66. The Kier molecular flexibility index (Phi) is 5.91. The van der Waals surface area contributed by atoms with Crippen molar-refractivity contribution in [2.75, 3.05) is 27.9 Å². The smallest absolute Gasteiger partial charge is 0.161 e. The second-order valence-corrected chi connectivity index (χ2v) is 7.44. The van der Waals surface area contributed by atoms with E-state index in [1.54, 1.807) is 33.5 Å². The molecule has 1 aliphatic rings. The summed E-state index contributed by atoms with van der Waals surface area (Å²) in [6.45, 7) is 1.58. The average Bonchev–Trinajstić information content (AvgIpc) is 2.78. The highest BCUT2D eigenvalue weighted by atomic mass is 19.1. The predicted octanol–water partition coefficient (Wildman–Crippen LogP) is 5.00. The van der Waals surface area contributed by atoms with Crippen molar-refractivity contribution in [1.29, 1.82) is 0 Å². The van der Waals surface area contributed by atoms with E-state index >= 15 is 0 Å². The van der Waals surface area contributed by atoms with E-state index in [1.807, 2.05) is 36.4 Å². The molecule has 0 unspecified atom stereocenters. The average molecular weight is 407 g/mol. The van der Waals surface area contributed by atoms with Crippen LogP contribution in [0.1, 0.15) is 28.3 Å². The molecule has 0 aliphatic carbocycles. The number of methoxy groups -OCH3 is 3. The maximum atomic E-state index is 14.1. The molecule has 0 aromatic heterocycles. The summed E-state index contributed by atoms with van der Waals surface area (Å²) in [6.07, 6.45) is 0.880. The zero-order chi connectivity index (χ0) is 21.1. The van der Waals surface area contributed by atoms with Gasteiger partial charge in [0.15, 0.2) is 11.5 Å². The Morgan fingerprint density at radius 3 is 2.40 bits per heavy atom. The van der Waals surface area contributed by atoms with Crippen LogP contribution in [0.25, 0.3) is 0 Å². The van der Waals surface area contributed by atoms with Crippen molar-refractivity contribution in [2.45, 2.75) is 19.0 Å². The zero-order valence-electron chi connectivity index (χ0n) is 17.5. The van der Waals surface area contributed by atoms with Crippen LogP contribution in [-0.2, 0) is 13.0 Å². The molecule has 4 nitrogen and oxygen atoms in total. The highest BCUT2D eigenvalue weighted by Crippen LogP contribution is 2.41. The van der Waals surface area contributed by atoms with E-state index in [2.05, 4.69) is 11.0 Å². The van der Waals surface area contributed by atoms with E-state index in [0.717, 1.165) is 47.7 Å². The van der Waals surface area contributed by atoms with Crippen molar-refractivity contribution in [2.24, 2.45) is 0 Å². The van der Waals surface area contributed by atoms with Gasteiger partial charge in [-0.05, 0) is 65.1 Å². The fourth-order valence-corrected chi connectivity index (χ4v) is 4.24. The SMILES string of the molecule is COc1cccc(CN2CCc3cc(OC)c(OC)cc3[C@@H]2c2cccc(F)c2)c1. The number of rotatable bonds is 6. The Morgan fingerprint density at radius 2 is 1.67 bits per heavy atom. The summed E-state index contributed by atoms with van der Waals surface area (Å²) in [5, 5.41) is 0. The first kappa shape index (κ1) is 20.2. The normalized spacial score (nSPS) is 16.1. The van der Waals surface area contributed by atoms with Crippen LogP contribution in [-0.4, -0.2) is 32.8 Å². The summed E-state index contributed by atoms with van der Waals surface area (Å²) in [7, 11) is 4.95. The molecule has 156 valence electrons. The standard InChI is InChI=1S/C25H26FNO3/c1-28-21-9-4-6-17(12-21)16-27-11-10-18-14-23(29-2)24(30-3)15-22(18)25(27)19-7-5-8-20(26)13-19/h4-9,12-15,25H,10-11,16H2,1-3H3/t25-/m0/s1. The first-order valence-electron chi connectivity index (χ1n) is 10.00. The molecule has 1 heterocycles. The lowest BCUT2D eigenvalue weighted by atomic mass is 9.87. The Labute approximate surface area is 176 Å². The molecule has 0 bridgehead atoms. The van der Waals surface area contributed by atoms with Crippen molar-refractivity contribution in [3.63, 3.8) is 0 Å². The van der Waals surface area contributed by atoms with Crippen molar-refractivity contribution >= 4 is 0 Å². The van der Waals surface area contributed by atoms with Crippen LogP contribution in [0.15, 0.2) is 60.7 Å². The van der Waals surface area contributed by atoms with Crippen LogP contribution in [0.4, 0.5) is 4.39 Å². The molecule has 0 fully saturated rings. The monoisotopic (exact) mass is 407 g/mol. The van der Waals surface area contributed by atoms with Gasteiger partial charge in [0.1, 0.15) is 11.6 Å². The fraction of sp³-hybridized carbons (Fsp3) is 0.280. The minimum Gasteiger partial charge on any atom is -0.497 e. The summed E-state index contributed by atoms with van der Waals surface area (Å²) >= 11 is 0. The lowest BCUT2D eigenvalue weighted by Crippen LogP contribution is -2.35. The molecule has 3 aromatic rings. The van der Waals surface area contributed by atoms with Gasteiger partial charge < -0.3 is 14.2 Å². The Bertz CT molecular complexity index is 1040. The Morgan fingerprint density at radius 1 is 0.900 bits per heavy atom. The van der Waals surface area contributed by atoms with Crippen LogP contribution >= 0.6 is 0 Å². The number of halogens is 1. The number of nitrogens with zero attached hydrogens (tertiary/aromatic N) is 1. The van der Waals surface area contributed by atoms with Crippen molar-refractivity contribution in [1.82, 2.24) is 4.90 Å². The zero-order valence-corrected chi connectivity index (χ0v) is 17.5. The van der Waals surface area contributed by atoms with Crippen LogP contribution in [0.5, 0.6) is 17.2 Å². The number of ether oxygens (including phenoxy) is 3. The number of fused-ring (bicyclic) bond motifs is 1. The number of hydrogen-bond acceptors (Lipinski definition) is 4. The van der Waals surface area contributed by atoms with Gasteiger partial charge in [0.25, 0.3) is 0 Å². The van der Waals surface area contributed by atoms with Gasteiger partial charge in [0, 0.05) is 13.1 Å². The number of benzene rings is 3. The maximum Gasteiger partial charge on any atom is 0.161 e. The predicted molar refractivity (Wildman–Crippen MR) is 115 cm³/mol. The first-order chi connectivity index (χ1) is 14.6. The molecule has 3 aromatic carbocycles. The first-order valence-corrected chi connectivity index (χ1v) is 10.00. The van der Waals surface area contributed by atoms with Crippen molar-refractivity contribution in [3.8, 4) is 17.2 Å². The summed E-state index contributed by atoms with van der Waals surface area (Å²) in [4.78, 5) is 2.37. The van der Waals surface area contributed by atoms with Gasteiger partial charge in [0.05, 0.1) is 27.4 Å². The van der Waals surface area contributed by atoms with E-state index in [1.165, 1.54) is 11.6 Å². The highest BCUT2D eigenvalue weighted by molar-refractivity contribution is 5.51. The minimum atomic E-state index is -0.235. The quantitative estimate of drug-likeness (QED) is 0.575. The second-order valence-electron chi connectivity index (χ2n) is 7.44. The molecule has 1 atom stereocenters. The second kappa shape index (κ2) is 8.76. The number of hydrogen-bond donors (Lipinski definition) is 0. The lowest BCUT2D eigenvalue weighted by molar-refractivity contribution is 0.203. The van der Waals surface area contributed by atoms with Gasteiger partial charge in [-0.2, -0.15) is 0 Å². The molecule has 0 amide bonds. The van der Waals surface area contributed by atoms with E-state index < -0.39 is 0 Å². The van der Waals surface area contributed by atoms with Crippen LogP contribution < -0.4 is 14.2 Å². The molecule has 0 saturated carbocycles. The van der Waals surface area contributed by atoms with E-state index in [9.17, 15) is 4.39 Å². The molecule has 1 aliphatic heterocycles. The summed E-state index contributed by atoms with van der Waals surface area (Å²) in [5.41, 5.74) is 4.39. The van der Waals surface area contributed by atoms with Gasteiger partial charge in [-0.3, -0.25) is 4.90 Å². The molecule has 0 spiro atoms. The maximum absolute atomic E-state index is 14.1. The molecule has 4 rings (SSSR count). The molecule has 0 saturated heterocycles. The molecule has 0 radical (unpaired) electrons. The van der Waals surface area contributed by atoms with Crippen LogP contribution in [0, 0.1) is 5.82 Å². The van der Waals surface area contributed by atoms with Crippen LogP contribution in [0.2, 0.25) is 0 Å².